The second kappa shape index (κ2) is 11.5. The number of aryl methyl sites for hydroxylation is 1. The normalized spacial score (nSPS) is 13.9. The minimum absolute atomic E-state index is 0.0896. The third-order valence-corrected chi connectivity index (χ3v) is 7.17. The van der Waals surface area contributed by atoms with E-state index in [1.165, 1.54) is 0 Å². The number of piperidine rings is 1. The molecule has 0 bridgehead atoms. The average Bonchev–Trinajstić information content (AvgIpc) is 3.37. The Morgan fingerprint density at radius 2 is 1.34 bits per heavy atom. The van der Waals surface area contributed by atoms with Crippen LogP contribution in [0.4, 0.5) is 17.1 Å². The van der Waals surface area contributed by atoms with Crippen molar-refractivity contribution in [1.29, 1.82) is 0 Å². The highest BCUT2D eigenvalue weighted by atomic mass is 16.3. The quantitative estimate of drug-likeness (QED) is 0.289. The van der Waals surface area contributed by atoms with Crippen LogP contribution in [0.3, 0.4) is 0 Å². The third kappa shape index (κ3) is 6.21. The van der Waals surface area contributed by atoms with Gasteiger partial charge >= 0.3 is 0 Å². The number of aliphatic hydroxyl groups excluding tert-OH is 1. The van der Waals surface area contributed by atoms with Crippen molar-refractivity contribution in [3.63, 3.8) is 0 Å². The molecule has 0 spiro atoms. The van der Waals surface area contributed by atoms with Crippen molar-refractivity contribution in [3.05, 3.63) is 114 Å². The fraction of sp³-hybridized carbons (Fsp3) is 0.250. The molecule has 0 aliphatic carbocycles. The van der Waals surface area contributed by atoms with Crippen molar-refractivity contribution in [3.8, 4) is 0 Å². The average molecular weight is 508 g/mol. The molecule has 0 atom stereocenters. The minimum Gasteiger partial charge on any atom is -0.393 e. The number of hydrogen-bond acceptors (Lipinski definition) is 5. The van der Waals surface area contributed by atoms with Crippen LogP contribution in [0.1, 0.15) is 44.8 Å². The van der Waals surface area contributed by atoms with Crippen molar-refractivity contribution in [2.75, 3.05) is 23.3 Å². The van der Waals surface area contributed by atoms with E-state index < -0.39 is 0 Å². The van der Waals surface area contributed by atoms with E-state index in [2.05, 4.69) is 10.2 Å². The summed E-state index contributed by atoms with van der Waals surface area (Å²) in [6.45, 7) is 1.68. The summed E-state index contributed by atoms with van der Waals surface area (Å²) in [5, 5.41) is 13.1. The van der Waals surface area contributed by atoms with Crippen LogP contribution in [0.25, 0.3) is 0 Å². The first-order valence-electron chi connectivity index (χ1n) is 13.1. The number of carbonyl (C=O) groups excluding carboxylic acids is 2. The molecule has 4 aromatic rings. The Morgan fingerprint density at radius 1 is 0.789 bits per heavy atom. The number of aliphatic hydroxyl groups is 1. The predicted octanol–water partition coefficient (Wildman–Crippen LogP) is 5.58. The number of hydrogen-bond donors (Lipinski definition) is 2. The lowest BCUT2D eigenvalue weighted by Crippen LogP contribution is -2.35. The number of aromatic nitrogens is 1. The largest absolute Gasteiger partial charge is 0.393 e. The maximum Gasteiger partial charge on any atom is 0.183 e. The number of Topliss-reactive ketones (excluding diaryl/α,β-unsaturated/α-hetero) is 2. The molecule has 38 heavy (non-hydrogen) atoms. The molecule has 1 aliphatic heterocycles. The smallest absolute Gasteiger partial charge is 0.183 e. The van der Waals surface area contributed by atoms with E-state index in [1.54, 1.807) is 0 Å². The zero-order valence-corrected chi connectivity index (χ0v) is 21.6. The van der Waals surface area contributed by atoms with Gasteiger partial charge in [0, 0.05) is 61.8 Å². The number of nitrogens with one attached hydrogen (secondary N) is 1. The Bertz CT molecular complexity index is 1380. The van der Waals surface area contributed by atoms with Gasteiger partial charge in [0.05, 0.1) is 11.8 Å². The SMILES string of the molecule is Cn1cccc1C(=O)Cc1ccc(Nc2ccc(CC(=O)c3ccc(N4CCC(O)CC4)cc3)cc2)cc1. The number of rotatable bonds is 9. The fourth-order valence-corrected chi connectivity index (χ4v) is 4.87. The molecule has 2 N–H and O–H groups in total. The van der Waals surface area contributed by atoms with Gasteiger partial charge in [0.25, 0.3) is 0 Å². The monoisotopic (exact) mass is 507 g/mol. The van der Waals surface area contributed by atoms with Crippen LogP contribution >= 0.6 is 0 Å². The zero-order valence-electron chi connectivity index (χ0n) is 21.6. The molecule has 1 saturated heterocycles. The summed E-state index contributed by atoms with van der Waals surface area (Å²) in [5.41, 5.74) is 6.32. The van der Waals surface area contributed by atoms with Gasteiger partial charge in [-0.25, -0.2) is 0 Å². The maximum atomic E-state index is 12.8. The van der Waals surface area contributed by atoms with E-state index in [4.69, 9.17) is 0 Å². The van der Waals surface area contributed by atoms with Crippen LogP contribution in [0.2, 0.25) is 0 Å². The third-order valence-electron chi connectivity index (χ3n) is 7.17. The van der Waals surface area contributed by atoms with Gasteiger partial charge in [0.1, 0.15) is 0 Å². The lowest BCUT2D eigenvalue weighted by molar-refractivity contribution is 0.0980. The standard InChI is InChI=1S/C32H33N3O3/c1-34-18-2-3-30(34)32(38)22-24-6-12-27(13-7-24)33-26-10-4-23(5-11-26)21-31(37)25-8-14-28(15-9-25)35-19-16-29(36)17-20-35/h2-15,18,29,33,36H,16-17,19-22H2,1H3. The topological polar surface area (TPSA) is 74.6 Å². The second-order valence-corrected chi connectivity index (χ2v) is 9.99. The molecule has 1 aliphatic rings. The van der Waals surface area contributed by atoms with E-state index in [0.29, 0.717) is 24.1 Å². The summed E-state index contributed by atoms with van der Waals surface area (Å²) in [5.74, 6) is 0.189. The van der Waals surface area contributed by atoms with Crippen LogP contribution in [0, 0.1) is 0 Å². The van der Waals surface area contributed by atoms with Crippen molar-refractivity contribution < 1.29 is 14.7 Å². The summed E-state index contributed by atoms with van der Waals surface area (Å²) >= 11 is 0. The minimum atomic E-state index is -0.198. The molecular formula is C32H33N3O3. The summed E-state index contributed by atoms with van der Waals surface area (Å²) in [6, 6.07) is 27.3. The fourth-order valence-electron chi connectivity index (χ4n) is 4.87. The molecule has 0 radical (unpaired) electrons. The van der Waals surface area contributed by atoms with Gasteiger partial charge in [-0.05, 0) is 84.6 Å². The van der Waals surface area contributed by atoms with Gasteiger partial charge < -0.3 is 19.9 Å². The predicted molar refractivity (Wildman–Crippen MR) is 152 cm³/mol. The van der Waals surface area contributed by atoms with Gasteiger partial charge in [-0.2, -0.15) is 0 Å². The Kier molecular flexibility index (Phi) is 7.70. The highest BCUT2D eigenvalue weighted by Crippen LogP contribution is 2.22. The van der Waals surface area contributed by atoms with Crippen LogP contribution in [-0.2, 0) is 19.9 Å². The molecule has 0 saturated carbocycles. The van der Waals surface area contributed by atoms with E-state index in [-0.39, 0.29) is 17.7 Å². The molecule has 0 unspecified atom stereocenters. The molecule has 2 heterocycles. The summed E-state index contributed by atoms with van der Waals surface area (Å²) in [4.78, 5) is 27.6. The Labute approximate surface area is 223 Å². The zero-order chi connectivity index (χ0) is 26.5. The molecule has 194 valence electrons. The summed E-state index contributed by atoms with van der Waals surface area (Å²) in [7, 11) is 1.88. The summed E-state index contributed by atoms with van der Waals surface area (Å²) in [6.07, 6.45) is 3.96. The van der Waals surface area contributed by atoms with Crippen LogP contribution in [-0.4, -0.2) is 40.4 Å². The Morgan fingerprint density at radius 3 is 1.87 bits per heavy atom. The molecule has 5 rings (SSSR count). The van der Waals surface area contributed by atoms with E-state index in [9.17, 15) is 14.7 Å². The number of nitrogens with zero attached hydrogens (tertiary/aromatic N) is 2. The number of carbonyl (C=O) groups is 2. The van der Waals surface area contributed by atoms with Gasteiger partial charge in [-0.1, -0.05) is 24.3 Å². The van der Waals surface area contributed by atoms with Gasteiger partial charge in [-0.15, -0.1) is 0 Å². The van der Waals surface area contributed by atoms with E-state index in [1.807, 2.05) is 103 Å². The first kappa shape index (κ1) is 25.5. The molecule has 6 heteroatoms. The lowest BCUT2D eigenvalue weighted by Gasteiger charge is -2.31. The number of benzene rings is 3. The van der Waals surface area contributed by atoms with Crippen molar-refractivity contribution >= 4 is 28.6 Å². The van der Waals surface area contributed by atoms with Gasteiger partial charge in [0.15, 0.2) is 11.6 Å². The Hall–Kier alpha value is -4.16. The maximum absolute atomic E-state index is 12.8. The molecule has 0 amide bonds. The molecule has 1 fully saturated rings. The first-order valence-corrected chi connectivity index (χ1v) is 13.1. The highest BCUT2D eigenvalue weighted by molar-refractivity contribution is 5.98. The summed E-state index contributed by atoms with van der Waals surface area (Å²) < 4.78 is 1.84. The van der Waals surface area contributed by atoms with E-state index in [0.717, 1.165) is 54.1 Å². The van der Waals surface area contributed by atoms with Crippen LogP contribution in [0.15, 0.2) is 91.1 Å². The lowest BCUT2D eigenvalue weighted by atomic mass is 10.0. The molecule has 1 aromatic heterocycles. The molecule has 3 aromatic carbocycles. The van der Waals surface area contributed by atoms with E-state index >= 15 is 0 Å². The van der Waals surface area contributed by atoms with Crippen LogP contribution < -0.4 is 10.2 Å². The van der Waals surface area contributed by atoms with Gasteiger partial charge in [-0.3, -0.25) is 9.59 Å². The molecular weight excluding hydrogens is 474 g/mol. The highest BCUT2D eigenvalue weighted by Gasteiger charge is 2.17. The van der Waals surface area contributed by atoms with Crippen molar-refractivity contribution in [2.24, 2.45) is 7.05 Å². The first-order chi connectivity index (χ1) is 18.4. The second-order valence-electron chi connectivity index (χ2n) is 9.99. The Balaban J connectivity index is 1.13. The van der Waals surface area contributed by atoms with Crippen molar-refractivity contribution in [2.45, 2.75) is 31.8 Å². The van der Waals surface area contributed by atoms with Gasteiger partial charge in [0.2, 0.25) is 0 Å². The number of anilines is 3. The van der Waals surface area contributed by atoms with Crippen molar-refractivity contribution in [1.82, 2.24) is 4.57 Å². The van der Waals surface area contributed by atoms with Crippen LogP contribution in [0.5, 0.6) is 0 Å². The number of ketones is 2. The molecule has 6 nitrogen and oxygen atoms in total.